The van der Waals surface area contributed by atoms with Gasteiger partial charge in [0.2, 0.25) is 0 Å². The van der Waals surface area contributed by atoms with Gasteiger partial charge >= 0.3 is 0 Å². The largest absolute Gasteiger partial charge is 0.297 e. The molecule has 4 aromatic heterocycles. The molecule has 1 aromatic carbocycles. The maximum atomic E-state index is 12.2. The van der Waals surface area contributed by atoms with E-state index in [4.69, 9.17) is 0 Å². The number of aromatic nitrogens is 6. The lowest BCUT2D eigenvalue weighted by atomic mass is 10.1. The van der Waals surface area contributed by atoms with Gasteiger partial charge in [-0.2, -0.15) is 0 Å². The zero-order valence-electron chi connectivity index (χ0n) is 13.9. The minimum atomic E-state index is -0.136. The average Bonchev–Trinajstić information content (AvgIpc) is 3.25. The topological polar surface area (TPSA) is 80.9 Å². The van der Waals surface area contributed by atoms with Gasteiger partial charge in [0.1, 0.15) is 11.3 Å². The first kappa shape index (κ1) is 14.6. The molecule has 0 saturated heterocycles. The molecule has 0 fully saturated rings. The number of imidazole rings is 1. The molecule has 0 bridgehead atoms. The summed E-state index contributed by atoms with van der Waals surface area (Å²) in [6.45, 7) is 1.97. The molecule has 0 aliphatic heterocycles. The van der Waals surface area contributed by atoms with Crippen LogP contribution < -0.4 is 5.56 Å². The van der Waals surface area contributed by atoms with Gasteiger partial charge in [-0.15, -0.1) is 0 Å². The highest BCUT2D eigenvalue weighted by molar-refractivity contribution is 5.77. The minimum Gasteiger partial charge on any atom is -0.297 e. The van der Waals surface area contributed by atoms with Crippen molar-refractivity contribution in [3.63, 3.8) is 0 Å². The van der Waals surface area contributed by atoms with Gasteiger partial charge in [0.25, 0.3) is 5.56 Å². The van der Waals surface area contributed by atoms with Crippen molar-refractivity contribution >= 4 is 16.7 Å². The van der Waals surface area contributed by atoms with Crippen LogP contribution in [0.2, 0.25) is 0 Å². The third-order valence-electron chi connectivity index (χ3n) is 4.43. The summed E-state index contributed by atoms with van der Waals surface area (Å²) in [5, 5.41) is 2.84. The molecular weight excluding hydrogens is 328 g/mol. The molecule has 0 aliphatic rings. The SMILES string of the molecule is Cc1nc2cnccc2n1-c1ccc(-c2cc(=O)n3[nH]ccc3n2)cc1. The lowest BCUT2D eigenvalue weighted by molar-refractivity contribution is 0.901. The Labute approximate surface area is 147 Å². The maximum Gasteiger partial charge on any atom is 0.273 e. The van der Waals surface area contributed by atoms with Crippen LogP contribution in [0.1, 0.15) is 5.82 Å². The summed E-state index contributed by atoms with van der Waals surface area (Å²) in [4.78, 5) is 25.4. The third-order valence-corrected chi connectivity index (χ3v) is 4.43. The van der Waals surface area contributed by atoms with E-state index >= 15 is 0 Å². The monoisotopic (exact) mass is 342 g/mol. The van der Waals surface area contributed by atoms with Crippen molar-refractivity contribution in [2.45, 2.75) is 6.92 Å². The number of hydrogen-bond donors (Lipinski definition) is 1. The molecule has 7 heteroatoms. The third kappa shape index (κ3) is 2.14. The molecule has 26 heavy (non-hydrogen) atoms. The van der Waals surface area contributed by atoms with Gasteiger partial charge in [-0.25, -0.2) is 14.5 Å². The van der Waals surface area contributed by atoms with Crippen molar-refractivity contribution in [2.24, 2.45) is 0 Å². The van der Waals surface area contributed by atoms with E-state index in [-0.39, 0.29) is 5.56 Å². The number of benzene rings is 1. The Balaban J connectivity index is 1.62. The summed E-state index contributed by atoms with van der Waals surface area (Å²) in [5.41, 5.74) is 4.87. The highest BCUT2D eigenvalue weighted by atomic mass is 16.1. The number of fused-ring (bicyclic) bond motifs is 2. The molecule has 0 radical (unpaired) electrons. The van der Waals surface area contributed by atoms with Gasteiger partial charge in [-0.1, -0.05) is 12.1 Å². The number of aryl methyl sites for hydroxylation is 1. The number of H-pyrrole nitrogens is 1. The molecule has 4 heterocycles. The number of pyridine rings is 1. The van der Waals surface area contributed by atoms with Gasteiger partial charge in [0.15, 0.2) is 5.65 Å². The van der Waals surface area contributed by atoms with E-state index in [9.17, 15) is 4.79 Å². The predicted octanol–water partition coefficient (Wildman–Crippen LogP) is 2.73. The Bertz CT molecular complexity index is 1310. The summed E-state index contributed by atoms with van der Waals surface area (Å²) >= 11 is 0. The highest BCUT2D eigenvalue weighted by Crippen LogP contribution is 2.23. The summed E-state index contributed by atoms with van der Waals surface area (Å²) in [7, 11) is 0. The Morgan fingerprint density at radius 3 is 2.73 bits per heavy atom. The van der Waals surface area contributed by atoms with Crippen LogP contribution >= 0.6 is 0 Å². The highest BCUT2D eigenvalue weighted by Gasteiger charge is 2.10. The van der Waals surface area contributed by atoms with Crippen LogP contribution in [0.15, 0.2) is 65.8 Å². The quantitative estimate of drug-likeness (QED) is 0.535. The first-order valence-electron chi connectivity index (χ1n) is 8.18. The zero-order chi connectivity index (χ0) is 17.7. The summed E-state index contributed by atoms with van der Waals surface area (Å²) < 4.78 is 3.49. The van der Waals surface area contributed by atoms with Crippen LogP contribution in [0.5, 0.6) is 0 Å². The van der Waals surface area contributed by atoms with E-state index in [1.165, 1.54) is 10.6 Å². The summed E-state index contributed by atoms with van der Waals surface area (Å²) in [6.07, 6.45) is 5.22. The molecular formula is C19H14N6O. The smallest absolute Gasteiger partial charge is 0.273 e. The molecule has 5 rings (SSSR count). The average molecular weight is 342 g/mol. The standard InChI is InChI=1S/C19H14N6O/c1-12-22-16-11-20-8-6-17(16)24(12)14-4-2-13(3-5-14)15-10-19(26)25-18(23-15)7-9-21-25/h2-11,21H,1H3. The Morgan fingerprint density at radius 1 is 1.04 bits per heavy atom. The van der Waals surface area contributed by atoms with Crippen LogP contribution in [0.25, 0.3) is 33.6 Å². The van der Waals surface area contributed by atoms with Crippen molar-refractivity contribution in [1.82, 2.24) is 29.1 Å². The van der Waals surface area contributed by atoms with E-state index in [2.05, 4.69) is 24.6 Å². The second kappa shape index (κ2) is 5.38. The molecule has 7 nitrogen and oxygen atoms in total. The lowest BCUT2D eigenvalue weighted by Crippen LogP contribution is -2.14. The maximum absolute atomic E-state index is 12.2. The fourth-order valence-corrected chi connectivity index (χ4v) is 3.24. The fourth-order valence-electron chi connectivity index (χ4n) is 3.24. The van der Waals surface area contributed by atoms with E-state index in [0.717, 1.165) is 28.1 Å². The molecule has 0 atom stereocenters. The molecule has 1 N–H and O–H groups in total. The second-order valence-electron chi connectivity index (χ2n) is 6.04. The predicted molar refractivity (Wildman–Crippen MR) is 98.4 cm³/mol. The molecule has 0 amide bonds. The Morgan fingerprint density at radius 2 is 1.88 bits per heavy atom. The van der Waals surface area contributed by atoms with E-state index in [1.807, 2.05) is 37.3 Å². The molecule has 5 aromatic rings. The normalized spacial score (nSPS) is 11.4. The van der Waals surface area contributed by atoms with Crippen molar-refractivity contribution in [2.75, 3.05) is 0 Å². The van der Waals surface area contributed by atoms with Crippen LogP contribution in [0, 0.1) is 6.92 Å². The van der Waals surface area contributed by atoms with E-state index < -0.39 is 0 Å². The summed E-state index contributed by atoms with van der Waals surface area (Å²) in [6, 6.07) is 13.2. The second-order valence-corrected chi connectivity index (χ2v) is 6.04. The molecule has 0 unspecified atom stereocenters. The van der Waals surface area contributed by atoms with E-state index in [1.54, 1.807) is 24.7 Å². The van der Waals surface area contributed by atoms with Crippen LogP contribution in [0.3, 0.4) is 0 Å². The molecule has 126 valence electrons. The van der Waals surface area contributed by atoms with Gasteiger partial charge in [-0.05, 0) is 25.1 Å². The van der Waals surface area contributed by atoms with Crippen molar-refractivity contribution < 1.29 is 0 Å². The molecule has 0 spiro atoms. The molecule has 0 saturated carbocycles. The Kier molecular flexibility index (Phi) is 3.02. The number of nitrogens with one attached hydrogen (secondary N) is 1. The summed E-state index contributed by atoms with van der Waals surface area (Å²) in [5.74, 6) is 0.894. The first-order valence-corrected chi connectivity index (χ1v) is 8.18. The number of rotatable bonds is 2. The number of aromatic amines is 1. The van der Waals surface area contributed by atoms with Gasteiger partial charge in [0, 0.05) is 35.8 Å². The van der Waals surface area contributed by atoms with Crippen LogP contribution in [0.4, 0.5) is 0 Å². The van der Waals surface area contributed by atoms with Crippen LogP contribution in [-0.2, 0) is 0 Å². The fraction of sp³-hybridized carbons (Fsp3) is 0.0526. The minimum absolute atomic E-state index is 0.136. The van der Waals surface area contributed by atoms with Crippen molar-refractivity contribution in [3.05, 3.63) is 77.2 Å². The Hall–Kier alpha value is -3.74. The number of hydrogen-bond acceptors (Lipinski definition) is 4. The first-order chi connectivity index (χ1) is 12.7. The van der Waals surface area contributed by atoms with Gasteiger partial charge in [0.05, 0.1) is 17.4 Å². The zero-order valence-corrected chi connectivity index (χ0v) is 13.9. The lowest BCUT2D eigenvalue weighted by Gasteiger charge is -2.08. The number of nitrogens with zero attached hydrogens (tertiary/aromatic N) is 5. The van der Waals surface area contributed by atoms with Gasteiger partial charge in [-0.3, -0.25) is 19.4 Å². The van der Waals surface area contributed by atoms with Crippen molar-refractivity contribution in [3.8, 4) is 16.9 Å². The van der Waals surface area contributed by atoms with E-state index in [0.29, 0.717) is 11.3 Å². The van der Waals surface area contributed by atoms with Crippen LogP contribution in [-0.4, -0.2) is 29.1 Å². The van der Waals surface area contributed by atoms with Crippen molar-refractivity contribution in [1.29, 1.82) is 0 Å². The van der Waals surface area contributed by atoms with Gasteiger partial charge < -0.3 is 0 Å². The molecule has 0 aliphatic carbocycles.